The number of sulfonamides is 1. The van der Waals surface area contributed by atoms with Gasteiger partial charge >= 0.3 is 5.97 Å². The number of aromatic nitrogens is 2. The third kappa shape index (κ3) is 7.62. The molecule has 2 aromatic rings. The Balaban J connectivity index is 2.52. The van der Waals surface area contributed by atoms with E-state index in [0.717, 1.165) is 10.6 Å². The van der Waals surface area contributed by atoms with Crippen LogP contribution in [0.3, 0.4) is 0 Å². The fraction of sp³-hybridized carbons (Fsp3) is 0.458. The van der Waals surface area contributed by atoms with E-state index >= 15 is 0 Å². The molecule has 10 nitrogen and oxygen atoms in total. The first kappa shape index (κ1) is 29.0. The summed E-state index contributed by atoms with van der Waals surface area (Å²) in [6.07, 6.45) is -2.08. The number of halogens is 1. The summed E-state index contributed by atoms with van der Waals surface area (Å²) in [6, 6.07) is 5.18. The highest BCUT2D eigenvalue weighted by Crippen LogP contribution is 2.36. The molecule has 36 heavy (non-hydrogen) atoms. The third-order valence-electron chi connectivity index (χ3n) is 5.20. The molecule has 1 heterocycles. The predicted octanol–water partition coefficient (Wildman–Crippen LogP) is 2.71. The number of aliphatic hydroxyl groups is 1. The molecule has 0 amide bonds. The molecule has 0 saturated carbocycles. The molecule has 12 heteroatoms. The summed E-state index contributed by atoms with van der Waals surface area (Å²) in [5.74, 6) is -3.00. The first-order chi connectivity index (χ1) is 16.7. The van der Waals surface area contributed by atoms with Crippen molar-refractivity contribution in [2.75, 3.05) is 24.2 Å². The molecular weight excluding hydrogens is 493 g/mol. The molecule has 0 aliphatic rings. The minimum absolute atomic E-state index is 0.105. The van der Waals surface area contributed by atoms with Gasteiger partial charge in [-0.2, -0.15) is 0 Å². The van der Waals surface area contributed by atoms with Crippen molar-refractivity contribution in [1.29, 1.82) is 0 Å². The second kappa shape index (κ2) is 12.1. The van der Waals surface area contributed by atoms with Crippen molar-refractivity contribution in [3.05, 3.63) is 41.3 Å². The monoisotopic (exact) mass is 523 g/mol. The highest BCUT2D eigenvalue weighted by Gasteiger charge is 2.28. The molecule has 1 atom stereocenters. The summed E-state index contributed by atoms with van der Waals surface area (Å²) in [5.41, 5.74) is 0.933. The van der Waals surface area contributed by atoms with Gasteiger partial charge in [-0.1, -0.05) is 13.8 Å². The molecule has 2 rings (SSSR count). The second-order valence-electron chi connectivity index (χ2n) is 8.52. The van der Waals surface area contributed by atoms with E-state index in [1.54, 1.807) is 20.8 Å². The van der Waals surface area contributed by atoms with Crippen molar-refractivity contribution in [2.24, 2.45) is 0 Å². The van der Waals surface area contributed by atoms with Crippen molar-refractivity contribution in [1.82, 2.24) is 9.97 Å². The van der Waals surface area contributed by atoms with Crippen LogP contribution in [-0.2, 0) is 29.1 Å². The number of hydrogen-bond acceptors (Lipinski definition) is 9. The van der Waals surface area contributed by atoms with E-state index in [2.05, 4.69) is 9.97 Å². The van der Waals surface area contributed by atoms with Crippen LogP contribution in [0.4, 0.5) is 10.3 Å². The lowest BCUT2D eigenvalue weighted by molar-refractivity contribution is -0.145. The van der Waals surface area contributed by atoms with Gasteiger partial charge in [0, 0.05) is 24.6 Å². The van der Waals surface area contributed by atoms with E-state index in [4.69, 9.17) is 4.74 Å². The average molecular weight is 524 g/mol. The number of benzene rings is 1. The number of aliphatic hydroxyl groups excluding tert-OH is 1. The SMILES string of the molecule is CCOC(=O)CC(=O)CC(=O)CC(O)c1c(-c2ccc(F)cc2)nc(N(C)S(C)(=O)=O)nc1C(C)C. The summed E-state index contributed by atoms with van der Waals surface area (Å²) >= 11 is 0. The van der Waals surface area contributed by atoms with Gasteiger partial charge in [-0.05, 0) is 37.1 Å². The molecule has 0 saturated heterocycles. The molecular formula is C24H30FN3O7S. The van der Waals surface area contributed by atoms with E-state index in [9.17, 15) is 32.3 Å². The zero-order chi connectivity index (χ0) is 27.2. The maximum Gasteiger partial charge on any atom is 0.313 e. The van der Waals surface area contributed by atoms with Gasteiger partial charge in [0.2, 0.25) is 16.0 Å². The molecule has 1 unspecified atom stereocenters. The Morgan fingerprint density at radius 1 is 1.08 bits per heavy atom. The lowest BCUT2D eigenvalue weighted by atomic mass is 9.91. The van der Waals surface area contributed by atoms with Crippen molar-refractivity contribution < 1.29 is 37.0 Å². The van der Waals surface area contributed by atoms with Gasteiger partial charge in [-0.15, -0.1) is 0 Å². The molecule has 196 valence electrons. The van der Waals surface area contributed by atoms with Crippen LogP contribution in [0.15, 0.2) is 24.3 Å². The Labute approximate surface area is 209 Å². The highest BCUT2D eigenvalue weighted by molar-refractivity contribution is 7.92. The van der Waals surface area contributed by atoms with E-state index in [1.165, 1.54) is 31.3 Å². The quantitative estimate of drug-likeness (QED) is 0.328. The maximum absolute atomic E-state index is 13.6. The number of hydrogen-bond donors (Lipinski definition) is 1. The van der Waals surface area contributed by atoms with Crippen LogP contribution in [0.5, 0.6) is 0 Å². The van der Waals surface area contributed by atoms with Crippen LogP contribution in [-0.4, -0.2) is 60.9 Å². The van der Waals surface area contributed by atoms with Crippen LogP contribution in [0.2, 0.25) is 0 Å². The summed E-state index contributed by atoms with van der Waals surface area (Å²) in [6.45, 7) is 5.23. The van der Waals surface area contributed by atoms with Crippen molar-refractivity contribution in [2.45, 2.75) is 52.1 Å². The fourth-order valence-electron chi connectivity index (χ4n) is 3.41. The topological polar surface area (TPSA) is 144 Å². The Morgan fingerprint density at radius 2 is 1.69 bits per heavy atom. The summed E-state index contributed by atoms with van der Waals surface area (Å²) in [5, 5.41) is 11.1. The van der Waals surface area contributed by atoms with Crippen molar-refractivity contribution in [3.63, 3.8) is 0 Å². The normalized spacial score (nSPS) is 12.3. The summed E-state index contributed by atoms with van der Waals surface area (Å²) < 4.78 is 43.4. The number of carbonyl (C=O) groups excluding carboxylic acids is 3. The smallest absolute Gasteiger partial charge is 0.313 e. The van der Waals surface area contributed by atoms with E-state index in [-0.39, 0.29) is 35.4 Å². The van der Waals surface area contributed by atoms with Gasteiger partial charge in [0.1, 0.15) is 18.0 Å². The minimum Gasteiger partial charge on any atom is -0.466 e. The number of ketones is 2. The number of Topliss-reactive ketones (excluding diaryl/α,β-unsaturated/α-hetero) is 2. The second-order valence-corrected chi connectivity index (χ2v) is 10.5. The molecule has 1 aromatic carbocycles. The average Bonchev–Trinajstić information content (AvgIpc) is 2.77. The van der Waals surface area contributed by atoms with Crippen LogP contribution < -0.4 is 4.31 Å². The largest absolute Gasteiger partial charge is 0.466 e. The Kier molecular flexibility index (Phi) is 9.77. The number of carbonyl (C=O) groups is 3. The standard InChI is InChI=1S/C24H30FN3O7S/c1-6-35-20(32)13-18(30)11-17(29)12-19(31)21-22(14(2)3)26-24(28(4)36(5,33)34)27-23(21)15-7-9-16(25)10-8-15/h7-10,14,19,31H,6,11-13H2,1-5H3. The molecule has 0 aliphatic heterocycles. The van der Waals surface area contributed by atoms with Crippen molar-refractivity contribution in [3.8, 4) is 11.3 Å². The number of nitrogens with zero attached hydrogens (tertiary/aromatic N) is 3. The van der Waals surface area contributed by atoms with Gasteiger partial charge < -0.3 is 9.84 Å². The molecule has 0 aliphatic carbocycles. The zero-order valence-corrected chi connectivity index (χ0v) is 21.6. The summed E-state index contributed by atoms with van der Waals surface area (Å²) in [7, 11) is -2.45. The Hall–Kier alpha value is -3.25. The number of rotatable bonds is 12. The van der Waals surface area contributed by atoms with Crippen LogP contribution in [0, 0.1) is 5.82 Å². The molecule has 0 fully saturated rings. The van der Waals surface area contributed by atoms with Gasteiger partial charge in [0.15, 0.2) is 5.78 Å². The van der Waals surface area contributed by atoms with E-state index in [0.29, 0.717) is 5.56 Å². The van der Waals surface area contributed by atoms with Gasteiger partial charge in [0.25, 0.3) is 0 Å². The van der Waals surface area contributed by atoms with Gasteiger partial charge in [-0.25, -0.2) is 27.1 Å². The fourth-order valence-corrected chi connectivity index (χ4v) is 3.78. The number of esters is 1. The van der Waals surface area contributed by atoms with Crippen molar-refractivity contribution >= 4 is 33.5 Å². The lowest BCUT2D eigenvalue weighted by Crippen LogP contribution is -2.28. The third-order valence-corrected chi connectivity index (χ3v) is 6.36. The first-order valence-electron chi connectivity index (χ1n) is 11.2. The Morgan fingerprint density at radius 3 is 2.22 bits per heavy atom. The molecule has 1 N–H and O–H groups in total. The van der Waals surface area contributed by atoms with Crippen LogP contribution in [0.25, 0.3) is 11.3 Å². The molecule has 0 radical (unpaired) electrons. The maximum atomic E-state index is 13.6. The highest BCUT2D eigenvalue weighted by atomic mass is 32.2. The lowest BCUT2D eigenvalue weighted by Gasteiger charge is -2.23. The summed E-state index contributed by atoms with van der Waals surface area (Å²) in [4.78, 5) is 44.8. The van der Waals surface area contributed by atoms with E-state index in [1.807, 2.05) is 0 Å². The Bertz CT molecular complexity index is 1230. The van der Waals surface area contributed by atoms with Crippen LogP contribution >= 0.6 is 0 Å². The number of ether oxygens (including phenoxy) is 1. The van der Waals surface area contributed by atoms with E-state index < -0.39 is 58.7 Å². The predicted molar refractivity (Wildman–Crippen MR) is 130 cm³/mol. The molecule has 0 bridgehead atoms. The zero-order valence-electron chi connectivity index (χ0n) is 20.8. The minimum atomic E-state index is -3.73. The van der Waals surface area contributed by atoms with Gasteiger partial charge in [-0.3, -0.25) is 14.4 Å². The molecule has 0 spiro atoms. The first-order valence-corrected chi connectivity index (χ1v) is 13.1. The number of anilines is 1. The van der Waals surface area contributed by atoms with Crippen LogP contribution in [0.1, 0.15) is 63.3 Å². The molecule has 1 aromatic heterocycles. The van der Waals surface area contributed by atoms with Gasteiger partial charge in [0.05, 0.1) is 36.8 Å².